The van der Waals surface area contributed by atoms with Crippen LogP contribution in [0.25, 0.3) is 10.9 Å². The lowest BCUT2D eigenvalue weighted by Gasteiger charge is -2.03. The van der Waals surface area contributed by atoms with Crippen molar-refractivity contribution in [2.45, 2.75) is 6.92 Å². The number of hydrogen-bond donors (Lipinski definition) is 2. The molecule has 0 aliphatic rings. The molecule has 2 aromatic rings. The van der Waals surface area contributed by atoms with Gasteiger partial charge in [-0.25, -0.2) is 0 Å². The molecule has 0 saturated carbocycles. The predicted molar refractivity (Wildman–Crippen MR) is 53.9 cm³/mol. The van der Waals surface area contributed by atoms with Crippen molar-refractivity contribution in [1.82, 2.24) is 4.98 Å². The first-order valence-corrected chi connectivity index (χ1v) is 4.31. The third-order valence-electron chi connectivity index (χ3n) is 2.01. The summed E-state index contributed by atoms with van der Waals surface area (Å²) in [6.07, 6.45) is 1.78. The van der Waals surface area contributed by atoms with Crippen molar-refractivity contribution in [2.75, 3.05) is 12.3 Å². The molecule has 1 heterocycles. The lowest BCUT2D eigenvalue weighted by molar-refractivity contribution is 0.344. The molecule has 0 radical (unpaired) electrons. The number of nitrogens with one attached hydrogen (secondary N) is 1. The Bertz CT molecular complexity index is 420. The van der Waals surface area contributed by atoms with E-state index in [1.54, 1.807) is 6.20 Å². The van der Waals surface area contributed by atoms with Gasteiger partial charge in [0.1, 0.15) is 5.75 Å². The first kappa shape index (κ1) is 7.98. The highest BCUT2D eigenvalue weighted by Gasteiger charge is 2.04. The Morgan fingerprint density at radius 2 is 2.31 bits per heavy atom. The van der Waals surface area contributed by atoms with E-state index < -0.39 is 0 Å². The van der Waals surface area contributed by atoms with Crippen LogP contribution in [0.4, 0.5) is 5.69 Å². The maximum absolute atomic E-state index is 5.75. The third-order valence-corrected chi connectivity index (χ3v) is 2.01. The number of hydrogen-bond acceptors (Lipinski definition) is 2. The number of aromatic amines is 1. The normalized spacial score (nSPS) is 10.5. The molecule has 0 spiro atoms. The minimum absolute atomic E-state index is 0.665. The molecule has 0 unspecified atom stereocenters. The number of anilines is 1. The van der Waals surface area contributed by atoms with Crippen LogP contribution >= 0.6 is 0 Å². The average molecular weight is 176 g/mol. The molecule has 0 amide bonds. The van der Waals surface area contributed by atoms with Crippen LogP contribution in [-0.2, 0) is 0 Å². The van der Waals surface area contributed by atoms with Crippen LogP contribution in [0.2, 0.25) is 0 Å². The second-order valence-electron chi connectivity index (χ2n) is 2.86. The van der Waals surface area contributed by atoms with E-state index in [1.165, 1.54) is 0 Å². The molecule has 3 heteroatoms. The van der Waals surface area contributed by atoms with E-state index in [4.69, 9.17) is 10.5 Å². The van der Waals surface area contributed by atoms with Crippen molar-refractivity contribution < 1.29 is 4.74 Å². The van der Waals surface area contributed by atoms with E-state index >= 15 is 0 Å². The van der Waals surface area contributed by atoms with E-state index in [-0.39, 0.29) is 0 Å². The number of H-pyrrole nitrogens is 1. The third kappa shape index (κ3) is 1.22. The molecule has 3 nitrogen and oxygen atoms in total. The molecule has 0 atom stereocenters. The summed E-state index contributed by atoms with van der Waals surface area (Å²) in [5.41, 5.74) is 7.49. The molecule has 1 aromatic carbocycles. The highest BCUT2D eigenvalue weighted by atomic mass is 16.5. The number of aromatic nitrogens is 1. The molecule has 68 valence electrons. The fourth-order valence-electron chi connectivity index (χ4n) is 1.42. The first-order valence-electron chi connectivity index (χ1n) is 4.31. The zero-order chi connectivity index (χ0) is 9.26. The largest absolute Gasteiger partial charge is 0.492 e. The molecular formula is C10H12N2O. The van der Waals surface area contributed by atoms with Crippen molar-refractivity contribution in [3.63, 3.8) is 0 Å². The molecule has 1 aromatic heterocycles. The molecule has 2 rings (SSSR count). The van der Waals surface area contributed by atoms with Gasteiger partial charge in [0.05, 0.1) is 17.8 Å². The standard InChI is InChI=1S/C10H12N2O/c1-2-13-9-5-3-4-7-8(11)6-12-10(7)9/h3-6,12H,2,11H2,1H3. The molecule has 0 fully saturated rings. The average Bonchev–Trinajstić information content (AvgIpc) is 2.50. The zero-order valence-electron chi connectivity index (χ0n) is 7.50. The predicted octanol–water partition coefficient (Wildman–Crippen LogP) is 2.15. The summed E-state index contributed by atoms with van der Waals surface area (Å²) in [5.74, 6) is 0.858. The fourth-order valence-corrected chi connectivity index (χ4v) is 1.42. The minimum Gasteiger partial charge on any atom is -0.492 e. The summed E-state index contributed by atoms with van der Waals surface area (Å²) in [5, 5.41) is 1.02. The van der Waals surface area contributed by atoms with Gasteiger partial charge in [0, 0.05) is 11.6 Å². The molecule has 0 bridgehead atoms. The van der Waals surface area contributed by atoms with Gasteiger partial charge in [0.25, 0.3) is 0 Å². The van der Waals surface area contributed by atoms with Crippen LogP contribution in [0.15, 0.2) is 24.4 Å². The first-order chi connectivity index (χ1) is 6.33. The number of nitrogen functional groups attached to an aromatic ring is 1. The van der Waals surface area contributed by atoms with Gasteiger partial charge in [-0.3, -0.25) is 0 Å². The zero-order valence-corrected chi connectivity index (χ0v) is 7.50. The van der Waals surface area contributed by atoms with E-state index in [9.17, 15) is 0 Å². The molecular weight excluding hydrogens is 164 g/mol. The molecule has 3 N–H and O–H groups in total. The fraction of sp³-hybridized carbons (Fsp3) is 0.200. The van der Waals surface area contributed by atoms with Gasteiger partial charge in [-0.2, -0.15) is 0 Å². The molecule has 0 saturated heterocycles. The van der Waals surface area contributed by atoms with Crippen LogP contribution < -0.4 is 10.5 Å². The van der Waals surface area contributed by atoms with Gasteiger partial charge in [0.15, 0.2) is 0 Å². The Hall–Kier alpha value is -1.64. The van der Waals surface area contributed by atoms with Gasteiger partial charge in [-0.1, -0.05) is 12.1 Å². The number of benzene rings is 1. The monoisotopic (exact) mass is 176 g/mol. The Balaban J connectivity index is 2.63. The van der Waals surface area contributed by atoms with E-state index in [2.05, 4.69) is 4.98 Å². The number of nitrogens with two attached hydrogens (primary N) is 1. The maximum Gasteiger partial charge on any atom is 0.143 e. The van der Waals surface area contributed by atoms with Crippen molar-refractivity contribution in [1.29, 1.82) is 0 Å². The number of para-hydroxylation sites is 1. The molecule has 0 aliphatic carbocycles. The van der Waals surface area contributed by atoms with Gasteiger partial charge in [-0.05, 0) is 13.0 Å². The highest BCUT2D eigenvalue weighted by Crippen LogP contribution is 2.28. The van der Waals surface area contributed by atoms with Crippen LogP contribution in [0, 0.1) is 0 Å². The summed E-state index contributed by atoms with van der Waals surface area (Å²) in [7, 11) is 0. The van der Waals surface area contributed by atoms with Crippen molar-refractivity contribution in [3.8, 4) is 5.75 Å². The Morgan fingerprint density at radius 3 is 3.08 bits per heavy atom. The molecule has 13 heavy (non-hydrogen) atoms. The highest BCUT2D eigenvalue weighted by molar-refractivity contribution is 5.94. The smallest absolute Gasteiger partial charge is 0.143 e. The number of ether oxygens (including phenoxy) is 1. The van der Waals surface area contributed by atoms with Gasteiger partial charge >= 0.3 is 0 Å². The van der Waals surface area contributed by atoms with Gasteiger partial charge < -0.3 is 15.5 Å². The number of fused-ring (bicyclic) bond motifs is 1. The van der Waals surface area contributed by atoms with E-state index in [0.29, 0.717) is 6.61 Å². The topological polar surface area (TPSA) is 51.0 Å². The minimum atomic E-state index is 0.665. The van der Waals surface area contributed by atoms with Crippen LogP contribution in [0.5, 0.6) is 5.75 Å². The Kier molecular flexibility index (Phi) is 1.85. The summed E-state index contributed by atoms with van der Waals surface area (Å²) in [6, 6.07) is 5.85. The SMILES string of the molecule is CCOc1cccc2c(N)c[nH]c12. The second-order valence-corrected chi connectivity index (χ2v) is 2.86. The number of rotatable bonds is 2. The van der Waals surface area contributed by atoms with Crippen LogP contribution in [0.1, 0.15) is 6.92 Å². The molecule has 0 aliphatic heterocycles. The van der Waals surface area contributed by atoms with E-state index in [0.717, 1.165) is 22.3 Å². The summed E-state index contributed by atoms with van der Waals surface area (Å²) < 4.78 is 5.45. The Labute approximate surface area is 76.5 Å². The summed E-state index contributed by atoms with van der Waals surface area (Å²) >= 11 is 0. The lowest BCUT2D eigenvalue weighted by atomic mass is 10.2. The maximum atomic E-state index is 5.75. The van der Waals surface area contributed by atoms with Crippen molar-refractivity contribution >= 4 is 16.6 Å². The second kappa shape index (κ2) is 3.01. The van der Waals surface area contributed by atoms with Crippen LogP contribution in [-0.4, -0.2) is 11.6 Å². The van der Waals surface area contributed by atoms with Crippen LogP contribution in [0.3, 0.4) is 0 Å². The Morgan fingerprint density at radius 1 is 1.46 bits per heavy atom. The van der Waals surface area contributed by atoms with Crippen molar-refractivity contribution in [2.24, 2.45) is 0 Å². The van der Waals surface area contributed by atoms with Gasteiger partial charge in [0.2, 0.25) is 0 Å². The quantitative estimate of drug-likeness (QED) is 0.736. The summed E-state index contributed by atoms with van der Waals surface area (Å²) in [4.78, 5) is 3.09. The van der Waals surface area contributed by atoms with Crippen molar-refractivity contribution in [3.05, 3.63) is 24.4 Å². The lowest BCUT2D eigenvalue weighted by Crippen LogP contribution is -1.91. The van der Waals surface area contributed by atoms with E-state index in [1.807, 2.05) is 25.1 Å². The van der Waals surface area contributed by atoms with Gasteiger partial charge in [-0.15, -0.1) is 0 Å². The summed E-state index contributed by atoms with van der Waals surface area (Å²) in [6.45, 7) is 2.63.